The van der Waals surface area contributed by atoms with Gasteiger partial charge in [0.25, 0.3) is 0 Å². The molecular weight excluding hydrogens is 122 g/mol. The molecule has 1 saturated carbocycles. The molecule has 2 fully saturated rings. The number of nitrogens with one attached hydrogen (secondary N) is 1. The molecule has 2 atom stereocenters. The summed E-state index contributed by atoms with van der Waals surface area (Å²) < 4.78 is 0. The van der Waals surface area contributed by atoms with Crippen molar-refractivity contribution in [3.05, 3.63) is 0 Å². The van der Waals surface area contributed by atoms with Crippen molar-refractivity contribution in [1.82, 2.24) is 5.32 Å². The van der Waals surface area contributed by atoms with Crippen LogP contribution in [0.1, 0.15) is 28.1 Å². The van der Waals surface area contributed by atoms with Gasteiger partial charge in [-0.1, -0.05) is 13.8 Å². The fourth-order valence-corrected chi connectivity index (χ4v) is 2.90. The van der Waals surface area contributed by atoms with Crippen LogP contribution in [0.3, 0.4) is 0 Å². The smallest absolute Gasteiger partial charge is 0.00134 e. The normalized spacial score (nSPS) is 53.4. The van der Waals surface area contributed by atoms with Gasteiger partial charge in [-0.05, 0) is 36.6 Å². The first-order valence-electron chi connectivity index (χ1n) is 4.46. The summed E-state index contributed by atoms with van der Waals surface area (Å²) in [4.78, 5) is 0. The van der Waals surface area contributed by atoms with Crippen LogP contribution in [-0.4, -0.2) is 13.1 Å². The quantitative estimate of drug-likeness (QED) is 0.543. The Hall–Kier alpha value is -0.0400. The molecule has 0 bridgehead atoms. The van der Waals surface area contributed by atoms with Gasteiger partial charge in [0.15, 0.2) is 0 Å². The van der Waals surface area contributed by atoms with E-state index in [1.54, 1.807) is 0 Å². The van der Waals surface area contributed by atoms with Crippen molar-refractivity contribution in [3.63, 3.8) is 0 Å². The summed E-state index contributed by atoms with van der Waals surface area (Å²) in [6.07, 6.45) is 2.89. The van der Waals surface area contributed by atoms with E-state index in [1.165, 1.54) is 25.9 Å². The molecule has 1 heteroatoms. The molecule has 60 valence electrons. The Balaban J connectivity index is 0.000000605. The lowest BCUT2D eigenvalue weighted by Crippen LogP contribution is -2.47. The van der Waals surface area contributed by atoms with Gasteiger partial charge >= 0.3 is 0 Å². The molecular formula is C9H19N. The van der Waals surface area contributed by atoms with E-state index in [2.05, 4.69) is 19.2 Å². The van der Waals surface area contributed by atoms with E-state index in [4.69, 9.17) is 0 Å². The van der Waals surface area contributed by atoms with Crippen molar-refractivity contribution >= 4 is 0 Å². The first-order chi connectivity index (χ1) is 4.76. The summed E-state index contributed by atoms with van der Waals surface area (Å²) in [5, 5.41) is 3.48. The lowest BCUT2D eigenvalue weighted by Gasteiger charge is -2.51. The minimum Gasteiger partial charge on any atom is -0.316 e. The highest BCUT2D eigenvalue weighted by atomic mass is 14.9. The minimum absolute atomic E-state index is 0. The Kier molecular flexibility index (Phi) is 1.31. The molecule has 2 aliphatic rings. The predicted octanol–water partition coefficient (Wildman–Crippen LogP) is 1.89. The van der Waals surface area contributed by atoms with Gasteiger partial charge in [0.2, 0.25) is 0 Å². The van der Waals surface area contributed by atoms with Crippen LogP contribution in [0.2, 0.25) is 0 Å². The molecule has 1 aliphatic carbocycles. The molecule has 0 aromatic heterocycles. The number of rotatable bonds is 0. The highest BCUT2D eigenvalue weighted by Gasteiger charge is 2.51. The standard InChI is InChI=1S/C9H17N.H2/c1-7-5-8(2)9(7)3-4-10-6-9;/h7-8,10H,3-6H2,1-2H3;1H. The monoisotopic (exact) mass is 141 g/mol. The highest BCUT2D eigenvalue weighted by molar-refractivity contribution is 5.02. The van der Waals surface area contributed by atoms with E-state index < -0.39 is 0 Å². The zero-order valence-corrected chi connectivity index (χ0v) is 6.98. The van der Waals surface area contributed by atoms with Gasteiger partial charge in [-0.25, -0.2) is 0 Å². The Morgan fingerprint density at radius 1 is 1.40 bits per heavy atom. The second-order valence-electron chi connectivity index (χ2n) is 4.20. The van der Waals surface area contributed by atoms with Gasteiger partial charge < -0.3 is 5.32 Å². The zero-order valence-electron chi connectivity index (χ0n) is 6.98. The maximum Gasteiger partial charge on any atom is 0.00134 e. The molecule has 10 heavy (non-hydrogen) atoms. The lowest BCUT2D eigenvalue weighted by molar-refractivity contribution is -0.0121. The van der Waals surface area contributed by atoms with Gasteiger partial charge in [0, 0.05) is 7.97 Å². The van der Waals surface area contributed by atoms with Crippen molar-refractivity contribution in [2.24, 2.45) is 17.3 Å². The largest absolute Gasteiger partial charge is 0.316 e. The second kappa shape index (κ2) is 1.97. The van der Waals surface area contributed by atoms with Gasteiger partial charge in [-0.15, -0.1) is 0 Å². The van der Waals surface area contributed by atoms with E-state index in [1.807, 2.05) is 0 Å². The highest BCUT2D eigenvalue weighted by Crippen LogP contribution is 2.54. The van der Waals surface area contributed by atoms with Crippen LogP contribution < -0.4 is 5.32 Å². The Bertz CT molecular complexity index is 130. The fourth-order valence-electron chi connectivity index (χ4n) is 2.90. The Morgan fingerprint density at radius 3 is 2.40 bits per heavy atom. The molecule has 1 spiro atoms. The average Bonchev–Trinajstić information content (AvgIpc) is 2.37. The molecule has 1 nitrogen and oxygen atoms in total. The van der Waals surface area contributed by atoms with Gasteiger partial charge in [-0.3, -0.25) is 0 Å². The first kappa shape index (κ1) is 6.66. The molecule has 0 amide bonds. The number of hydrogen-bond acceptors (Lipinski definition) is 1. The van der Waals surface area contributed by atoms with Crippen LogP contribution in [0.15, 0.2) is 0 Å². The van der Waals surface area contributed by atoms with Crippen molar-refractivity contribution in [2.75, 3.05) is 13.1 Å². The van der Waals surface area contributed by atoms with Crippen LogP contribution in [0, 0.1) is 17.3 Å². The van der Waals surface area contributed by atoms with Crippen LogP contribution in [0.4, 0.5) is 0 Å². The summed E-state index contributed by atoms with van der Waals surface area (Å²) in [5.74, 6) is 1.97. The summed E-state index contributed by atoms with van der Waals surface area (Å²) in [6, 6.07) is 0. The SMILES string of the molecule is CC1CC(C)C12CCNC2.[HH]. The topological polar surface area (TPSA) is 12.0 Å². The minimum atomic E-state index is 0. The molecule has 0 aromatic carbocycles. The van der Waals surface area contributed by atoms with Crippen LogP contribution in [-0.2, 0) is 0 Å². The van der Waals surface area contributed by atoms with Gasteiger partial charge in [0.05, 0.1) is 0 Å². The summed E-state index contributed by atoms with van der Waals surface area (Å²) in [7, 11) is 0. The first-order valence-corrected chi connectivity index (χ1v) is 4.46. The van der Waals surface area contributed by atoms with E-state index >= 15 is 0 Å². The fraction of sp³-hybridized carbons (Fsp3) is 1.00. The molecule has 1 aliphatic heterocycles. The molecule has 1 heterocycles. The molecule has 0 radical (unpaired) electrons. The zero-order chi connectivity index (χ0) is 7.19. The third-order valence-electron chi connectivity index (χ3n) is 3.89. The van der Waals surface area contributed by atoms with Crippen LogP contribution in [0.25, 0.3) is 0 Å². The van der Waals surface area contributed by atoms with E-state index in [0.29, 0.717) is 0 Å². The van der Waals surface area contributed by atoms with Gasteiger partial charge in [0.1, 0.15) is 0 Å². The third-order valence-corrected chi connectivity index (χ3v) is 3.89. The molecule has 2 rings (SSSR count). The Morgan fingerprint density at radius 2 is 2.10 bits per heavy atom. The maximum atomic E-state index is 3.48. The van der Waals surface area contributed by atoms with Gasteiger partial charge in [-0.2, -0.15) is 0 Å². The summed E-state index contributed by atoms with van der Waals surface area (Å²) in [6.45, 7) is 7.37. The van der Waals surface area contributed by atoms with E-state index in [9.17, 15) is 0 Å². The summed E-state index contributed by atoms with van der Waals surface area (Å²) >= 11 is 0. The van der Waals surface area contributed by atoms with Crippen molar-refractivity contribution in [2.45, 2.75) is 26.7 Å². The van der Waals surface area contributed by atoms with Crippen LogP contribution in [0.5, 0.6) is 0 Å². The summed E-state index contributed by atoms with van der Waals surface area (Å²) in [5.41, 5.74) is 0.722. The van der Waals surface area contributed by atoms with E-state index in [-0.39, 0.29) is 1.43 Å². The average molecular weight is 141 g/mol. The number of hydrogen-bond donors (Lipinski definition) is 1. The van der Waals surface area contributed by atoms with Crippen molar-refractivity contribution in [1.29, 1.82) is 0 Å². The third kappa shape index (κ3) is 0.619. The lowest BCUT2D eigenvalue weighted by atomic mass is 9.54. The molecule has 1 N–H and O–H groups in total. The Labute approximate surface area is 64.7 Å². The molecule has 0 aromatic rings. The van der Waals surface area contributed by atoms with Crippen molar-refractivity contribution in [3.8, 4) is 0 Å². The van der Waals surface area contributed by atoms with E-state index in [0.717, 1.165) is 17.3 Å². The van der Waals surface area contributed by atoms with Crippen molar-refractivity contribution < 1.29 is 1.43 Å². The second-order valence-corrected chi connectivity index (χ2v) is 4.20. The molecule has 2 unspecified atom stereocenters. The molecule has 1 saturated heterocycles. The maximum absolute atomic E-state index is 3.48. The van der Waals surface area contributed by atoms with Crippen LogP contribution >= 0.6 is 0 Å². The predicted molar refractivity (Wildman–Crippen MR) is 45.0 cm³/mol.